The lowest BCUT2D eigenvalue weighted by atomic mass is 10.1. The van der Waals surface area contributed by atoms with E-state index in [1.165, 1.54) is 0 Å². The molecule has 146 valence electrons. The molecule has 2 amide bonds. The van der Waals surface area contributed by atoms with Crippen molar-refractivity contribution in [3.63, 3.8) is 0 Å². The van der Waals surface area contributed by atoms with Crippen LogP contribution in [0, 0.1) is 17.8 Å². The number of carbonyl (C=O) groups excluding carboxylic acids is 2. The monoisotopic (exact) mass is 388 g/mol. The topological polar surface area (TPSA) is 88.3 Å². The van der Waals surface area contributed by atoms with Crippen LogP contribution in [0.25, 0.3) is 11.3 Å². The van der Waals surface area contributed by atoms with E-state index < -0.39 is 0 Å². The van der Waals surface area contributed by atoms with E-state index in [9.17, 15) is 9.59 Å². The second-order valence-corrected chi connectivity index (χ2v) is 7.50. The minimum atomic E-state index is -0.271. The molecule has 29 heavy (non-hydrogen) atoms. The predicted octanol–water partition coefficient (Wildman–Crippen LogP) is 2.77. The van der Waals surface area contributed by atoms with Crippen LogP contribution in [0.4, 0.5) is 5.69 Å². The zero-order valence-corrected chi connectivity index (χ0v) is 15.7. The van der Waals surface area contributed by atoms with Crippen LogP contribution in [0.3, 0.4) is 0 Å². The molecule has 1 aromatic carbocycles. The summed E-state index contributed by atoms with van der Waals surface area (Å²) in [6, 6.07) is 15.0. The van der Waals surface area contributed by atoms with Gasteiger partial charge in [0.1, 0.15) is 0 Å². The van der Waals surface area contributed by atoms with Crippen molar-refractivity contribution in [3.05, 3.63) is 66.6 Å². The minimum Gasteiger partial charge on any atom is -0.355 e. The number of nitrogens with one attached hydrogen (secondary N) is 1. The van der Waals surface area contributed by atoms with Gasteiger partial charge in [0.25, 0.3) is 5.91 Å². The number of nitrogens with zero attached hydrogens (tertiary/aromatic N) is 3. The molecular formula is C22H20N4O3. The molecule has 3 heterocycles. The number of para-hydroxylation sites is 1. The van der Waals surface area contributed by atoms with E-state index in [-0.39, 0.29) is 23.4 Å². The van der Waals surface area contributed by atoms with Gasteiger partial charge in [0, 0.05) is 48.7 Å². The van der Waals surface area contributed by atoms with E-state index in [4.69, 9.17) is 4.52 Å². The molecule has 7 heteroatoms. The lowest BCUT2D eigenvalue weighted by molar-refractivity contribution is -0.119. The third-order valence-electron chi connectivity index (χ3n) is 5.80. The number of fused-ring (bicyclic) bond motifs is 1. The first-order chi connectivity index (χ1) is 14.2. The second-order valence-electron chi connectivity index (χ2n) is 7.50. The van der Waals surface area contributed by atoms with Crippen LogP contribution < -0.4 is 10.2 Å². The zero-order valence-electron chi connectivity index (χ0n) is 15.7. The van der Waals surface area contributed by atoms with Crippen LogP contribution in [-0.2, 0) is 4.79 Å². The van der Waals surface area contributed by atoms with Gasteiger partial charge >= 0.3 is 0 Å². The maximum Gasteiger partial charge on any atom is 0.273 e. The normalized spacial score (nSPS) is 22.4. The lowest BCUT2D eigenvalue weighted by Gasteiger charge is -2.20. The van der Waals surface area contributed by atoms with Crippen LogP contribution in [0.5, 0.6) is 0 Å². The summed E-state index contributed by atoms with van der Waals surface area (Å²) >= 11 is 0. The number of hydrogen-bond acceptors (Lipinski definition) is 5. The summed E-state index contributed by atoms with van der Waals surface area (Å²) in [5.74, 6) is 1.28. The molecule has 7 nitrogen and oxygen atoms in total. The van der Waals surface area contributed by atoms with Gasteiger partial charge in [-0.15, -0.1) is 0 Å². The first-order valence-corrected chi connectivity index (χ1v) is 9.74. The molecule has 3 atom stereocenters. The summed E-state index contributed by atoms with van der Waals surface area (Å²) in [7, 11) is 0. The van der Waals surface area contributed by atoms with Crippen molar-refractivity contribution in [2.75, 3.05) is 18.0 Å². The summed E-state index contributed by atoms with van der Waals surface area (Å²) < 4.78 is 5.24. The Balaban J connectivity index is 1.12. The standard InChI is InChI=1S/C22H20N4O3/c27-21(18-11-19(29-25-18)14-5-4-9-23-12-14)24-10-8-16-17-13-26(22(28)20(16)17)15-6-2-1-3-7-15/h1-7,9,11-12,16-17,20H,8,10,13H2,(H,24,27)/t16-,17-,20+/m1/s1. The van der Waals surface area contributed by atoms with Crippen molar-refractivity contribution >= 4 is 17.5 Å². The number of benzene rings is 1. The molecule has 1 aliphatic carbocycles. The van der Waals surface area contributed by atoms with Crippen molar-refractivity contribution in [2.45, 2.75) is 6.42 Å². The molecule has 0 spiro atoms. The number of aromatic nitrogens is 2. The van der Waals surface area contributed by atoms with Crippen molar-refractivity contribution in [1.29, 1.82) is 0 Å². The molecule has 0 radical (unpaired) electrons. The molecule has 1 N–H and O–H groups in total. The highest BCUT2D eigenvalue weighted by molar-refractivity contribution is 6.00. The molecule has 1 aliphatic heterocycles. The molecule has 3 aromatic rings. The van der Waals surface area contributed by atoms with Crippen molar-refractivity contribution < 1.29 is 14.1 Å². The van der Waals surface area contributed by atoms with Gasteiger partial charge in [-0.05, 0) is 42.5 Å². The predicted molar refractivity (Wildman–Crippen MR) is 106 cm³/mol. The fraction of sp³-hybridized carbons (Fsp3) is 0.273. The highest BCUT2D eigenvalue weighted by atomic mass is 16.5. The number of rotatable bonds is 6. The van der Waals surface area contributed by atoms with Crippen molar-refractivity contribution in [1.82, 2.24) is 15.5 Å². The van der Waals surface area contributed by atoms with Gasteiger partial charge in [-0.25, -0.2) is 0 Å². The third-order valence-corrected chi connectivity index (χ3v) is 5.80. The summed E-state index contributed by atoms with van der Waals surface area (Å²) in [5, 5.41) is 6.72. The van der Waals surface area contributed by atoms with Crippen LogP contribution in [0.1, 0.15) is 16.9 Å². The number of hydrogen-bond donors (Lipinski definition) is 1. The first kappa shape index (κ1) is 17.6. The SMILES string of the molecule is O=C(NCC[C@@H]1[C@H]2CN(c3ccccc3)C(=O)[C@@H]12)c1cc(-c2cccnc2)on1. The Hall–Kier alpha value is -3.48. The second kappa shape index (κ2) is 7.16. The Morgan fingerprint density at radius 2 is 2.07 bits per heavy atom. The molecular weight excluding hydrogens is 368 g/mol. The van der Waals surface area contributed by atoms with Gasteiger partial charge in [0.2, 0.25) is 5.91 Å². The number of anilines is 1. The van der Waals surface area contributed by atoms with E-state index in [0.29, 0.717) is 24.1 Å². The number of amides is 2. The number of carbonyl (C=O) groups is 2. The van der Waals surface area contributed by atoms with Gasteiger partial charge in [-0.3, -0.25) is 14.6 Å². The minimum absolute atomic E-state index is 0.0938. The Morgan fingerprint density at radius 3 is 2.79 bits per heavy atom. The van der Waals surface area contributed by atoms with Crippen LogP contribution in [0.2, 0.25) is 0 Å². The summed E-state index contributed by atoms with van der Waals surface area (Å²) in [5.41, 5.74) is 1.98. The number of piperidine rings is 1. The van der Waals surface area contributed by atoms with Gasteiger partial charge in [0.15, 0.2) is 11.5 Å². The van der Waals surface area contributed by atoms with Crippen molar-refractivity contribution in [3.8, 4) is 11.3 Å². The van der Waals surface area contributed by atoms with Gasteiger partial charge in [0.05, 0.1) is 0 Å². The molecule has 0 bridgehead atoms. The molecule has 2 fully saturated rings. The Kier molecular flexibility index (Phi) is 4.35. The average Bonchev–Trinajstić information content (AvgIpc) is 3.08. The molecule has 0 unspecified atom stereocenters. The van der Waals surface area contributed by atoms with Gasteiger partial charge in [-0.1, -0.05) is 23.4 Å². The molecule has 2 aliphatic rings. The van der Waals surface area contributed by atoms with E-state index in [1.54, 1.807) is 24.5 Å². The van der Waals surface area contributed by atoms with E-state index in [1.807, 2.05) is 41.3 Å². The number of pyridine rings is 1. The zero-order chi connectivity index (χ0) is 19.8. The summed E-state index contributed by atoms with van der Waals surface area (Å²) in [4.78, 5) is 30.8. The maximum atomic E-state index is 12.6. The quantitative estimate of drug-likeness (QED) is 0.701. The lowest BCUT2D eigenvalue weighted by Crippen LogP contribution is -2.31. The Bertz CT molecular complexity index is 1030. The van der Waals surface area contributed by atoms with Gasteiger partial charge < -0.3 is 14.7 Å². The molecule has 1 saturated carbocycles. The average molecular weight is 388 g/mol. The molecule has 2 aromatic heterocycles. The first-order valence-electron chi connectivity index (χ1n) is 9.74. The fourth-order valence-corrected chi connectivity index (χ4v) is 4.24. The summed E-state index contributed by atoms with van der Waals surface area (Å²) in [6.07, 6.45) is 4.12. The highest BCUT2D eigenvalue weighted by Crippen LogP contribution is 2.54. The largest absolute Gasteiger partial charge is 0.355 e. The van der Waals surface area contributed by atoms with E-state index in [0.717, 1.165) is 24.2 Å². The maximum absolute atomic E-state index is 12.6. The van der Waals surface area contributed by atoms with Gasteiger partial charge in [-0.2, -0.15) is 0 Å². The smallest absolute Gasteiger partial charge is 0.273 e. The van der Waals surface area contributed by atoms with Crippen LogP contribution in [0.15, 0.2) is 65.4 Å². The van der Waals surface area contributed by atoms with Crippen LogP contribution >= 0.6 is 0 Å². The molecule has 1 saturated heterocycles. The Labute approximate surface area is 167 Å². The van der Waals surface area contributed by atoms with Crippen LogP contribution in [-0.4, -0.2) is 35.0 Å². The molecule has 5 rings (SSSR count). The highest BCUT2D eigenvalue weighted by Gasteiger charge is 2.60. The van der Waals surface area contributed by atoms with E-state index >= 15 is 0 Å². The summed E-state index contributed by atoms with van der Waals surface area (Å²) in [6.45, 7) is 1.29. The van der Waals surface area contributed by atoms with E-state index in [2.05, 4.69) is 15.5 Å². The Morgan fingerprint density at radius 1 is 1.21 bits per heavy atom. The fourth-order valence-electron chi connectivity index (χ4n) is 4.24. The van der Waals surface area contributed by atoms with Crippen molar-refractivity contribution in [2.24, 2.45) is 17.8 Å². The third kappa shape index (κ3) is 3.29.